The monoisotopic (exact) mass is 393 g/mol. The Bertz CT molecular complexity index is 464. The Morgan fingerprint density at radius 2 is 1.36 bits per heavy atom. The van der Waals surface area contributed by atoms with Crippen LogP contribution in [0.15, 0.2) is 5.11 Å². The first-order valence-electron chi connectivity index (χ1n) is 9.14. The first-order valence-corrected chi connectivity index (χ1v) is 12.9. The fourth-order valence-electron chi connectivity index (χ4n) is 3.81. The van der Waals surface area contributed by atoms with E-state index in [4.69, 9.17) is 19.0 Å². The normalized spacial score (nSPS) is 15.5. The maximum Gasteiger partial charge on any atom is 0.342 e. The molecule has 0 saturated carbocycles. The molecule has 0 spiro atoms. The van der Waals surface area contributed by atoms with E-state index in [9.17, 15) is 4.57 Å². The summed E-state index contributed by atoms with van der Waals surface area (Å²) in [6.45, 7) is 18.7. The smallest absolute Gasteiger partial charge is 0.342 e. The summed E-state index contributed by atoms with van der Waals surface area (Å²) in [6.07, 6.45) is -0.557. The molecule has 0 saturated heterocycles. The number of hydrogen-bond donors (Lipinski definition) is 0. The van der Waals surface area contributed by atoms with Gasteiger partial charge in [0.05, 0.1) is 19.3 Å². The van der Waals surface area contributed by atoms with Gasteiger partial charge in [0.1, 0.15) is 0 Å². The van der Waals surface area contributed by atoms with Gasteiger partial charge in [-0.2, -0.15) is 0 Å². The number of azide groups is 1. The van der Waals surface area contributed by atoms with Crippen LogP contribution in [-0.2, 0) is 18.0 Å². The van der Waals surface area contributed by atoms with Gasteiger partial charge in [-0.1, -0.05) is 46.7 Å². The van der Waals surface area contributed by atoms with Gasteiger partial charge in [0.15, 0.2) is 5.78 Å². The molecule has 0 heterocycles. The molecule has 0 aromatic carbocycles. The van der Waals surface area contributed by atoms with Crippen LogP contribution in [0.3, 0.4) is 0 Å². The lowest BCUT2D eigenvalue weighted by Gasteiger charge is -2.45. The lowest BCUT2D eigenvalue weighted by atomic mass is 10.4. The molecule has 0 radical (unpaired) electrons. The minimum absolute atomic E-state index is 0.211. The van der Waals surface area contributed by atoms with E-state index in [1.807, 2.05) is 0 Å². The van der Waals surface area contributed by atoms with E-state index in [2.05, 4.69) is 51.6 Å². The molecule has 0 aromatic rings. The highest BCUT2D eigenvalue weighted by Crippen LogP contribution is 2.56. The van der Waals surface area contributed by atoms with E-state index in [0.29, 0.717) is 16.6 Å². The fraction of sp³-hybridized carbons (Fsp3) is 1.00. The van der Waals surface area contributed by atoms with Crippen LogP contribution in [0.25, 0.3) is 10.4 Å². The van der Waals surface area contributed by atoms with Crippen molar-refractivity contribution in [1.82, 2.24) is 0 Å². The van der Waals surface area contributed by atoms with E-state index in [-0.39, 0.29) is 13.2 Å². The van der Waals surface area contributed by atoms with Crippen molar-refractivity contribution in [2.75, 3.05) is 13.2 Å². The van der Waals surface area contributed by atoms with Crippen molar-refractivity contribution in [3.8, 4) is 0 Å². The first-order chi connectivity index (χ1) is 11.5. The number of rotatable bonds is 12. The van der Waals surface area contributed by atoms with Gasteiger partial charge in [0.2, 0.25) is 8.32 Å². The Hall–Kier alpha value is -0.363. The summed E-state index contributed by atoms with van der Waals surface area (Å²) in [5.41, 5.74) is 10.1. The Morgan fingerprint density at radius 1 is 0.960 bits per heavy atom. The van der Waals surface area contributed by atoms with Crippen molar-refractivity contribution in [3.63, 3.8) is 0 Å². The minimum Gasteiger partial charge on any atom is -0.412 e. The van der Waals surface area contributed by atoms with Crippen LogP contribution in [0.4, 0.5) is 0 Å². The van der Waals surface area contributed by atoms with E-state index < -0.39 is 27.8 Å². The third kappa shape index (κ3) is 5.81. The summed E-state index contributed by atoms with van der Waals surface area (Å²) >= 11 is 0. The Labute approximate surface area is 154 Å². The lowest BCUT2D eigenvalue weighted by Crippen LogP contribution is -2.51. The maximum atomic E-state index is 13.2. The second kappa shape index (κ2) is 10.7. The van der Waals surface area contributed by atoms with Gasteiger partial charge in [0, 0.05) is 4.91 Å². The zero-order chi connectivity index (χ0) is 19.8. The highest BCUT2D eigenvalue weighted by Gasteiger charge is 2.49. The van der Waals surface area contributed by atoms with Crippen LogP contribution in [0.1, 0.15) is 62.3 Å². The lowest BCUT2D eigenvalue weighted by molar-refractivity contribution is 0.152. The fourth-order valence-corrected chi connectivity index (χ4v) is 11.4. The predicted molar refractivity (Wildman–Crippen MR) is 105 cm³/mol. The number of nitrogens with zero attached hydrogens (tertiary/aromatic N) is 3. The third-order valence-electron chi connectivity index (χ3n) is 4.63. The summed E-state index contributed by atoms with van der Waals surface area (Å²) in [7, 11) is -5.82. The van der Waals surface area contributed by atoms with Crippen LogP contribution < -0.4 is 0 Å². The molecule has 0 fully saturated rings. The minimum atomic E-state index is -3.60. The van der Waals surface area contributed by atoms with Gasteiger partial charge < -0.3 is 13.5 Å². The molecular weight excluding hydrogens is 357 g/mol. The van der Waals surface area contributed by atoms with Gasteiger partial charge >= 0.3 is 7.60 Å². The largest absolute Gasteiger partial charge is 0.412 e. The molecule has 0 rings (SSSR count). The predicted octanol–water partition coefficient (Wildman–Crippen LogP) is 6.47. The molecule has 0 bridgehead atoms. The van der Waals surface area contributed by atoms with E-state index in [1.165, 1.54) is 0 Å². The molecule has 25 heavy (non-hydrogen) atoms. The molecule has 7 nitrogen and oxygen atoms in total. The van der Waals surface area contributed by atoms with Gasteiger partial charge in [-0.15, -0.1) is 0 Å². The summed E-state index contributed by atoms with van der Waals surface area (Å²) in [6, 6.07) is 0. The standard InChI is InChI=1S/C16H36N3O4PSi/c1-10-21-24(20,22-11-2)16(18-19-17)15(9)23-25(12(3)4,13(5)6)14(7)8/h12-16H,10-11H2,1-9H3/t15-,16+/m0/s1. The van der Waals surface area contributed by atoms with Gasteiger partial charge in [-0.25, -0.2) is 0 Å². The highest BCUT2D eigenvalue weighted by atomic mass is 31.2. The quantitative estimate of drug-likeness (QED) is 0.125. The molecule has 9 heteroatoms. The van der Waals surface area contributed by atoms with Crippen LogP contribution >= 0.6 is 7.60 Å². The van der Waals surface area contributed by atoms with Crippen molar-refractivity contribution in [2.24, 2.45) is 5.11 Å². The van der Waals surface area contributed by atoms with E-state index in [1.54, 1.807) is 20.8 Å². The molecule has 0 aromatic heterocycles. The first kappa shape index (κ1) is 24.6. The molecule has 148 valence electrons. The van der Waals surface area contributed by atoms with Crippen molar-refractivity contribution in [3.05, 3.63) is 10.4 Å². The van der Waals surface area contributed by atoms with Crippen LogP contribution in [-0.4, -0.2) is 33.4 Å². The van der Waals surface area contributed by atoms with Gasteiger partial charge in [-0.3, -0.25) is 4.57 Å². The highest BCUT2D eigenvalue weighted by molar-refractivity contribution is 7.54. The Balaban J connectivity index is 5.92. The van der Waals surface area contributed by atoms with Gasteiger partial charge in [0.25, 0.3) is 0 Å². The Kier molecular flexibility index (Phi) is 10.5. The molecule has 0 amide bonds. The van der Waals surface area contributed by atoms with Crippen molar-refractivity contribution >= 4 is 15.9 Å². The molecular formula is C16H36N3O4PSi. The molecule has 0 N–H and O–H groups in total. The summed E-state index contributed by atoms with van der Waals surface area (Å²) in [4.78, 5) is 2.88. The zero-order valence-corrected chi connectivity index (χ0v) is 19.1. The van der Waals surface area contributed by atoms with E-state index >= 15 is 0 Å². The van der Waals surface area contributed by atoms with Crippen LogP contribution in [0.5, 0.6) is 0 Å². The van der Waals surface area contributed by atoms with Crippen LogP contribution in [0.2, 0.25) is 16.6 Å². The molecule has 0 aliphatic rings. The molecule has 0 unspecified atom stereocenters. The van der Waals surface area contributed by atoms with Gasteiger partial charge in [-0.05, 0) is 42.9 Å². The molecule has 0 aliphatic carbocycles. The third-order valence-corrected chi connectivity index (χ3v) is 13.2. The molecule has 0 aliphatic heterocycles. The number of hydrogen-bond acceptors (Lipinski definition) is 5. The summed E-state index contributed by atoms with van der Waals surface area (Å²) in [5.74, 6) is -1.000. The Morgan fingerprint density at radius 3 is 1.64 bits per heavy atom. The van der Waals surface area contributed by atoms with Crippen molar-refractivity contribution in [2.45, 2.75) is 90.8 Å². The topological polar surface area (TPSA) is 93.5 Å². The van der Waals surface area contributed by atoms with Crippen molar-refractivity contribution < 1.29 is 18.0 Å². The second-order valence-electron chi connectivity index (χ2n) is 7.13. The summed E-state index contributed by atoms with van der Waals surface area (Å²) in [5, 5.41) is 3.76. The zero-order valence-electron chi connectivity index (χ0n) is 17.2. The second-order valence-corrected chi connectivity index (χ2v) is 14.7. The van der Waals surface area contributed by atoms with Crippen LogP contribution in [0, 0.1) is 0 Å². The average Bonchev–Trinajstić information content (AvgIpc) is 2.49. The summed E-state index contributed by atoms with van der Waals surface area (Å²) < 4.78 is 30.6. The van der Waals surface area contributed by atoms with E-state index in [0.717, 1.165) is 0 Å². The average molecular weight is 394 g/mol. The maximum absolute atomic E-state index is 13.2. The SMILES string of the molecule is CCOP(=O)(OCC)[C@@H](N=[N+]=[N-])[C@H](C)O[Si](C(C)C)(C(C)C)C(C)C. The van der Waals surface area contributed by atoms with Crippen molar-refractivity contribution in [1.29, 1.82) is 0 Å². The molecule has 2 atom stereocenters.